The van der Waals surface area contributed by atoms with Crippen molar-refractivity contribution in [3.8, 4) is 6.07 Å². The van der Waals surface area contributed by atoms with Crippen LogP contribution in [0.4, 0.5) is 5.82 Å². The highest BCUT2D eigenvalue weighted by Gasteiger charge is 2.56. The molecule has 4 rings (SSSR count). The summed E-state index contributed by atoms with van der Waals surface area (Å²) in [6.45, 7) is 7.38. The van der Waals surface area contributed by atoms with Crippen LogP contribution < -0.4 is 4.90 Å². The van der Waals surface area contributed by atoms with Crippen LogP contribution in [0.5, 0.6) is 0 Å². The summed E-state index contributed by atoms with van der Waals surface area (Å²) in [5.74, 6) is 0.621. The zero-order chi connectivity index (χ0) is 22.2. The van der Waals surface area contributed by atoms with E-state index >= 15 is 0 Å². The van der Waals surface area contributed by atoms with Gasteiger partial charge in [0, 0.05) is 25.3 Å². The van der Waals surface area contributed by atoms with Crippen molar-refractivity contribution in [2.75, 3.05) is 24.5 Å². The first-order valence-corrected chi connectivity index (χ1v) is 10.6. The van der Waals surface area contributed by atoms with E-state index < -0.39 is 5.54 Å². The smallest absolute Gasteiger partial charge is 0.251 e. The minimum Gasteiger partial charge on any atom is -0.354 e. The quantitative estimate of drug-likeness (QED) is 0.764. The molecule has 1 aromatic carbocycles. The van der Waals surface area contributed by atoms with Gasteiger partial charge in [0.2, 0.25) is 5.91 Å². The molecule has 2 aliphatic heterocycles. The molecule has 2 saturated heterocycles. The second-order valence-electron chi connectivity index (χ2n) is 8.71. The van der Waals surface area contributed by atoms with E-state index in [1.165, 1.54) is 0 Å². The summed E-state index contributed by atoms with van der Waals surface area (Å²) in [5, 5.41) is 9.24. The molecule has 1 unspecified atom stereocenters. The first-order valence-electron chi connectivity index (χ1n) is 10.6. The van der Waals surface area contributed by atoms with E-state index in [9.17, 15) is 14.9 Å². The summed E-state index contributed by atoms with van der Waals surface area (Å²) in [6, 6.07) is 13.6. The van der Waals surface area contributed by atoms with E-state index in [0.29, 0.717) is 37.4 Å². The SMILES string of the molecule is Cc1ccc(CN2C(=O)CN(C(C)C)C(=O)C23CCN(c2cc(C#N)ccn2)C3)cc1. The number of nitrogens with zero attached hydrogens (tertiary/aromatic N) is 5. The molecule has 160 valence electrons. The van der Waals surface area contributed by atoms with Crippen molar-refractivity contribution in [1.82, 2.24) is 14.8 Å². The lowest BCUT2D eigenvalue weighted by atomic mass is 9.89. The van der Waals surface area contributed by atoms with Crippen LogP contribution in [0.15, 0.2) is 42.6 Å². The number of pyridine rings is 1. The Labute approximate surface area is 182 Å². The highest BCUT2D eigenvalue weighted by atomic mass is 16.2. The fourth-order valence-electron chi connectivity index (χ4n) is 4.50. The van der Waals surface area contributed by atoms with Gasteiger partial charge in [0.15, 0.2) is 0 Å². The van der Waals surface area contributed by atoms with E-state index in [4.69, 9.17) is 0 Å². The topological polar surface area (TPSA) is 80.5 Å². The van der Waals surface area contributed by atoms with Gasteiger partial charge in [0.1, 0.15) is 17.9 Å². The molecule has 1 spiro atoms. The van der Waals surface area contributed by atoms with E-state index in [1.54, 1.807) is 28.1 Å². The number of aryl methyl sites for hydroxylation is 1. The molecule has 0 saturated carbocycles. The molecule has 1 aromatic heterocycles. The number of hydrogen-bond acceptors (Lipinski definition) is 5. The first-order chi connectivity index (χ1) is 14.8. The lowest BCUT2D eigenvalue weighted by Gasteiger charge is -2.48. The lowest BCUT2D eigenvalue weighted by Crippen LogP contribution is -2.69. The average molecular weight is 418 g/mol. The van der Waals surface area contributed by atoms with E-state index in [0.717, 1.165) is 11.1 Å². The molecule has 2 fully saturated rings. The van der Waals surface area contributed by atoms with Gasteiger partial charge >= 0.3 is 0 Å². The van der Waals surface area contributed by atoms with E-state index in [2.05, 4.69) is 11.1 Å². The Morgan fingerprint density at radius 2 is 1.94 bits per heavy atom. The molecule has 0 N–H and O–H groups in total. The van der Waals surface area contributed by atoms with Gasteiger partial charge in [0.25, 0.3) is 5.91 Å². The number of aromatic nitrogens is 1. The second kappa shape index (κ2) is 8.03. The molecular formula is C24H27N5O2. The third kappa shape index (κ3) is 3.74. The molecule has 31 heavy (non-hydrogen) atoms. The molecule has 0 aliphatic carbocycles. The van der Waals surface area contributed by atoms with Gasteiger partial charge in [-0.3, -0.25) is 9.59 Å². The third-order valence-electron chi connectivity index (χ3n) is 6.31. The fraction of sp³-hybridized carbons (Fsp3) is 0.417. The Balaban J connectivity index is 1.70. The normalized spacial score (nSPS) is 21.3. The van der Waals surface area contributed by atoms with Gasteiger partial charge in [-0.15, -0.1) is 0 Å². The van der Waals surface area contributed by atoms with Crippen LogP contribution in [0.25, 0.3) is 0 Å². The number of piperazine rings is 1. The monoisotopic (exact) mass is 417 g/mol. The molecule has 2 amide bonds. The van der Waals surface area contributed by atoms with Crippen LogP contribution in [0.1, 0.15) is 37.0 Å². The van der Waals surface area contributed by atoms with Gasteiger partial charge in [-0.25, -0.2) is 4.98 Å². The molecular weight excluding hydrogens is 390 g/mol. The maximum atomic E-state index is 13.7. The Bertz CT molecular complexity index is 1040. The first kappa shape index (κ1) is 20.9. The largest absolute Gasteiger partial charge is 0.354 e. The zero-order valence-corrected chi connectivity index (χ0v) is 18.2. The number of carbonyl (C=O) groups excluding carboxylic acids is 2. The van der Waals surface area contributed by atoms with Gasteiger partial charge in [-0.2, -0.15) is 5.26 Å². The van der Waals surface area contributed by atoms with E-state index in [-0.39, 0.29) is 24.4 Å². The summed E-state index contributed by atoms with van der Waals surface area (Å²) in [5.41, 5.74) is 1.75. The Morgan fingerprint density at radius 3 is 2.61 bits per heavy atom. The highest BCUT2D eigenvalue weighted by Crippen LogP contribution is 2.37. The molecule has 1 atom stereocenters. The molecule has 7 nitrogen and oxygen atoms in total. The van der Waals surface area contributed by atoms with E-state index in [1.807, 2.05) is 49.9 Å². The Hall–Kier alpha value is -3.40. The van der Waals surface area contributed by atoms with Crippen molar-refractivity contribution in [3.05, 3.63) is 59.3 Å². The van der Waals surface area contributed by atoms with Crippen molar-refractivity contribution in [2.45, 2.75) is 45.3 Å². The number of benzene rings is 1. The minimum absolute atomic E-state index is 0.00634. The summed E-state index contributed by atoms with van der Waals surface area (Å²) in [6.07, 6.45) is 2.14. The van der Waals surface area contributed by atoms with Crippen molar-refractivity contribution < 1.29 is 9.59 Å². The standard InChI is InChI=1S/C24H27N5O2/c1-17(2)28-15-22(30)29(14-19-6-4-18(3)5-7-19)24(23(28)31)9-11-27(16-24)21-12-20(13-25)8-10-26-21/h4-8,10,12,17H,9,11,14-16H2,1-3H3. The van der Waals surface area contributed by atoms with Crippen LogP contribution in [-0.2, 0) is 16.1 Å². The van der Waals surface area contributed by atoms with Crippen molar-refractivity contribution in [3.63, 3.8) is 0 Å². The van der Waals surface area contributed by atoms with Gasteiger partial charge in [0.05, 0.1) is 18.2 Å². The van der Waals surface area contributed by atoms with Crippen LogP contribution >= 0.6 is 0 Å². The number of rotatable bonds is 4. The predicted molar refractivity (Wildman–Crippen MR) is 117 cm³/mol. The molecule has 0 radical (unpaired) electrons. The minimum atomic E-state index is -0.936. The summed E-state index contributed by atoms with van der Waals surface area (Å²) in [4.78, 5) is 36.9. The number of amides is 2. The molecule has 2 aromatic rings. The van der Waals surface area contributed by atoms with Crippen LogP contribution in [0.3, 0.4) is 0 Å². The molecule has 3 heterocycles. The summed E-state index contributed by atoms with van der Waals surface area (Å²) >= 11 is 0. The highest BCUT2D eigenvalue weighted by molar-refractivity contribution is 5.99. The van der Waals surface area contributed by atoms with Gasteiger partial charge in [-0.1, -0.05) is 29.8 Å². The zero-order valence-electron chi connectivity index (χ0n) is 18.2. The second-order valence-corrected chi connectivity index (χ2v) is 8.71. The predicted octanol–water partition coefficient (Wildman–Crippen LogP) is 2.49. The van der Waals surface area contributed by atoms with Gasteiger partial charge in [-0.05, 0) is 44.9 Å². The van der Waals surface area contributed by atoms with Gasteiger partial charge < -0.3 is 14.7 Å². The number of hydrogen-bond donors (Lipinski definition) is 0. The van der Waals surface area contributed by atoms with Crippen molar-refractivity contribution in [2.24, 2.45) is 0 Å². The third-order valence-corrected chi connectivity index (χ3v) is 6.31. The molecule has 0 bridgehead atoms. The summed E-state index contributed by atoms with van der Waals surface area (Å²) < 4.78 is 0. The maximum absolute atomic E-state index is 13.7. The molecule has 7 heteroatoms. The number of carbonyl (C=O) groups is 2. The van der Waals surface area contributed by atoms with Crippen molar-refractivity contribution in [1.29, 1.82) is 5.26 Å². The van der Waals surface area contributed by atoms with Crippen LogP contribution in [-0.4, -0.2) is 57.8 Å². The molecule has 2 aliphatic rings. The fourth-order valence-corrected chi connectivity index (χ4v) is 4.50. The lowest BCUT2D eigenvalue weighted by molar-refractivity contribution is -0.166. The number of nitriles is 1. The summed E-state index contributed by atoms with van der Waals surface area (Å²) in [7, 11) is 0. The number of anilines is 1. The average Bonchev–Trinajstić information content (AvgIpc) is 3.21. The Kier molecular flexibility index (Phi) is 5.40. The van der Waals surface area contributed by atoms with Crippen LogP contribution in [0.2, 0.25) is 0 Å². The van der Waals surface area contributed by atoms with Crippen LogP contribution in [0, 0.1) is 18.3 Å². The van der Waals surface area contributed by atoms with Crippen molar-refractivity contribution >= 4 is 17.6 Å². The maximum Gasteiger partial charge on any atom is 0.251 e. The Morgan fingerprint density at radius 1 is 1.19 bits per heavy atom.